The fraction of sp³-hybridized carbons (Fsp3) is 0.545. The van der Waals surface area contributed by atoms with Crippen molar-refractivity contribution in [1.29, 1.82) is 0 Å². The van der Waals surface area contributed by atoms with Crippen LogP contribution < -0.4 is 0 Å². The van der Waals surface area contributed by atoms with Crippen molar-refractivity contribution in [2.45, 2.75) is 25.0 Å². The summed E-state index contributed by atoms with van der Waals surface area (Å²) in [7, 11) is 0. The maximum Gasteiger partial charge on any atom is 0.288 e. The van der Waals surface area contributed by atoms with Gasteiger partial charge in [0, 0.05) is 25.4 Å². The number of aliphatic hydroxyl groups is 1. The lowest BCUT2D eigenvalue weighted by atomic mass is 9.87. The average molecular weight is 598 g/mol. The molecule has 0 radical (unpaired) electrons. The Labute approximate surface area is 253 Å². The van der Waals surface area contributed by atoms with Gasteiger partial charge in [0.2, 0.25) is 6.29 Å². The van der Waals surface area contributed by atoms with Gasteiger partial charge in [0.05, 0.1) is 79.3 Å². The van der Waals surface area contributed by atoms with Gasteiger partial charge >= 0.3 is 0 Å². The van der Waals surface area contributed by atoms with Crippen LogP contribution in [0.1, 0.15) is 29.0 Å². The second-order valence-electron chi connectivity index (χ2n) is 10.6. The largest absolute Gasteiger partial charge is 0.459 e. The zero-order chi connectivity index (χ0) is 29.7. The minimum absolute atomic E-state index is 0.0474. The summed E-state index contributed by atoms with van der Waals surface area (Å²) in [6, 6.07) is 14.9. The lowest BCUT2D eigenvalue weighted by Crippen LogP contribution is -2.40. The molecule has 0 spiro atoms. The van der Waals surface area contributed by atoms with Gasteiger partial charge in [0.25, 0.3) is 5.91 Å². The number of hydrogen-bond donors (Lipinski definition) is 1. The highest BCUT2D eigenvalue weighted by molar-refractivity contribution is 5.92. The molecule has 2 atom stereocenters. The number of aliphatic hydroxyl groups excluding tert-OH is 1. The SMILES string of the molecule is O=C(C1=CC(c2cccc3c2Cc2ccccc2-3)CC(OCCOCCO)O1)N1CCOCCOCCOCCOCC1. The molecule has 2 aromatic carbocycles. The summed E-state index contributed by atoms with van der Waals surface area (Å²) in [5.41, 5.74) is 6.27. The summed E-state index contributed by atoms with van der Waals surface area (Å²) in [6.45, 7) is 5.16. The number of nitrogens with zero attached hydrogens (tertiary/aromatic N) is 1. The van der Waals surface area contributed by atoms with Gasteiger partial charge < -0.3 is 43.2 Å². The first kappa shape index (κ1) is 31.6. The van der Waals surface area contributed by atoms with Gasteiger partial charge in [0.15, 0.2) is 5.76 Å². The molecule has 1 N–H and O–H groups in total. The Morgan fingerprint density at radius 1 is 0.814 bits per heavy atom. The summed E-state index contributed by atoms with van der Waals surface area (Å²) in [4.78, 5) is 15.7. The molecule has 1 saturated heterocycles. The molecule has 2 unspecified atom stereocenters. The van der Waals surface area contributed by atoms with Crippen LogP contribution in [-0.4, -0.2) is 115 Å². The van der Waals surface area contributed by atoms with Crippen molar-refractivity contribution in [3.63, 3.8) is 0 Å². The molecule has 1 fully saturated rings. The number of carbonyl (C=O) groups is 1. The average Bonchev–Trinajstić information content (AvgIpc) is 3.41. The Morgan fingerprint density at radius 2 is 1.49 bits per heavy atom. The molecule has 0 saturated carbocycles. The van der Waals surface area contributed by atoms with E-state index in [0.29, 0.717) is 79.0 Å². The maximum atomic E-state index is 14.0. The molecular weight excluding hydrogens is 554 g/mol. The van der Waals surface area contributed by atoms with E-state index in [0.717, 1.165) is 6.42 Å². The predicted octanol–water partition coefficient (Wildman–Crippen LogP) is 2.91. The molecule has 2 heterocycles. The second kappa shape index (κ2) is 16.9. The first-order valence-corrected chi connectivity index (χ1v) is 15.2. The van der Waals surface area contributed by atoms with E-state index in [4.69, 9.17) is 38.3 Å². The minimum atomic E-state index is -0.628. The van der Waals surface area contributed by atoms with E-state index in [1.807, 2.05) is 6.08 Å². The molecule has 2 aromatic rings. The van der Waals surface area contributed by atoms with Crippen molar-refractivity contribution >= 4 is 5.91 Å². The van der Waals surface area contributed by atoms with E-state index >= 15 is 0 Å². The Morgan fingerprint density at radius 3 is 2.21 bits per heavy atom. The number of hydrogen-bond acceptors (Lipinski definition) is 9. The number of carbonyl (C=O) groups excluding carboxylic acids is 1. The van der Waals surface area contributed by atoms with Gasteiger partial charge in [-0.2, -0.15) is 0 Å². The van der Waals surface area contributed by atoms with Gasteiger partial charge in [-0.25, -0.2) is 0 Å². The van der Waals surface area contributed by atoms with Crippen LogP contribution in [0.25, 0.3) is 11.1 Å². The summed E-state index contributed by atoms with van der Waals surface area (Å²) in [6.07, 6.45) is 2.74. The summed E-state index contributed by atoms with van der Waals surface area (Å²) < 4.78 is 40.1. The Kier molecular flexibility index (Phi) is 12.4. The van der Waals surface area contributed by atoms with Gasteiger partial charge in [-0.3, -0.25) is 4.79 Å². The van der Waals surface area contributed by atoms with E-state index in [-0.39, 0.29) is 37.4 Å². The Balaban J connectivity index is 1.34. The molecule has 10 nitrogen and oxygen atoms in total. The summed E-state index contributed by atoms with van der Waals surface area (Å²) >= 11 is 0. The zero-order valence-corrected chi connectivity index (χ0v) is 24.7. The molecule has 1 aliphatic carbocycles. The number of allylic oxidation sites excluding steroid dienone is 1. The zero-order valence-electron chi connectivity index (χ0n) is 24.7. The van der Waals surface area contributed by atoms with E-state index in [2.05, 4.69) is 42.5 Å². The van der Waals surface area contributed by atoms with Crippen molar-refractivity contribution in [1.82, 2.24) is 4.90 Å². The van der Waals surface area contributed by atoms with Gasteiger partial charge in [0.1, 0.15) is 0 Å². The molecule has 10 heteroatoms. The number of amides is 1. The number of rotatable bonds is 8. The van der Waals surface area contributed by atoms with Crippen molar-refractivity contribution in [3.8, 4) is 11.1 Å². The second-order valence-corrected chi connectivity index (χ2v) is 10.6. The molecule has 5 rings (SSSR count). The first-order chi connectivity index (χ1) is 21.2. The van der Waals surface area contributed by atoms with Crippen LogP contribution in [0.4, 0.5) is 0 Å². The minimum Gasteiger partial charge on any atom is -0.459 e. The van der Waals surface area contributed by atoms with E-state index in [9.17, 15) is 4.79 Å². The van der Waals surface area contributed by atoms with Crippen LogP contribution >= 0.6 is 0 Å². The van der Waals surface area contributed by atoms with Crippen molar-refractivity contribution in [2.75, 3.05) is 92.4 Å². The molecule has 0 aromatic heterocycles. The molecule has 0 bridgehead atoms. The van der Waals surface area contributed by atoms with Crippen LogP contribution in [0.15, 0.2) is 54.3 Å². The molecule has 3 aliphatic rings. The highest BCUT2D eigenvalue weighted by Crippen LogP contribution is 2.43. The van der Waals surface area contributed by atoms with Crippen molar-refractivity contribution in [3.05, 3.63) is 71.0 Å². The fourth-order valence-electron chi connectivity index (χ4n) is 5.64. The highest BCUT2D eigenvalue weighted by Gasteiger charge is 2.33. The van der Waals surface area contributed by atoms with Crippen LogP contribution in [-0.2, 0) is 44.4 Å². The van der Waals surface area contributed by atoms with Gasteiger partial charge in [-0.05, 0) is 40.3 Å². The lowest BCUT2D eigenvalue weighted by Gasteiger charge is -2.32. The Bertz CT molecular complexity index is 1190. The third-order valence-corrected chi connectivity index (χ3v) is 7.74. The highest BCUT2D eigenvalue weighted by atomic mass is 16.7. The van der Waals surface area contributed by atoms with Gasteiger partial charge in [-0.1, -0.05) is 42.5 Å². The molecular formula is C33H43NO9. The van der Waals surface area contributed by atoms with Crippen LogP contribution in [0, 0.1) is 0 Å². The van der Waals surface area contributed by atoms with E-state index in [1.165, 1.54) is 27.8 Å². The van der Waals surface area contributed by atoms with E-state index < -0.39 is 6.29 Å². The van der Waals surface area contributed by atoms with Gasteiger partial charge in [-0.15, -0.1) is 0 Å². The smallest absolute Gasteiger partial charge is 0.288 e. The molecule has 1 amide bonds. The predicted molar refractivity (Wildman–Crippen MR) is 159 cm³/mol. The number of benzene rings is 2. The molecule has 43 heavy (non-hydrogen) atoms. The maximum absolute atomic E-state index is 14.0. The number of fused-ring (bicyclic) bond motifs is 3. The molecule has 2 aliphatic heterocycles. The Hall–Kier alpha value is -2.83. The van der Waals surface area contributed by atoms with Crippen LogP contribution in [0.5, 0.6) is 0 Å². The third-order valence-electron chi connectivity index (χ3n) is 7.74. The first-order valence-electron chi connectivity index (χ1n) is 15.2. The van der Waals surface area contributed by atoms with E-state index in [1.54, 1.807) is 4.90 Å². The fourth-order valence-corrected chi connectivity index (χ4v) is 5.64. The molecule has 234 valence electrons. The van der Waals surface area contributed by atoms with Crippen LogP contribution in [0.3, 0.4) is 0 Å². The van der Waals surface area contributed by atoms with Crippen molar-refractivity contribution < 1.29 is 43.1 Å². The normalized spacial score (nSPS) is 22.0. The number of ether oxygens (including phenoxy) is 7. The summed E-state index contributed by atoms with van der Waals surface area (Å²) in [5.74, 6) is -0.0458. The monoisotopic (exact) mass is 597 g/mol. The third kappa shape index (κ3) is 8.86. The van der Waals surface area contributed by atoms with Crippen molar-refractivity contribution in [2.24, 2.45) is 0 Å². The lowest BCUT2D eigenvalue weighted by molar-refractivity contribution is -0.157. The van der Waals surface area contributed by atoms with Crippen LogP contribution in [0.2, 0.25) is 0 Å². The summed E-state index contributed by atoms with van der Waals surface area (Å²) in [5, 5.41) is 9.01. The quantitative estimate of drug-likeness (QED) is 0.393. The standard InChI is InChI=1S/C33H43NO9/c35-10-13-39-20-21-42-32-24-26(28-6-3-7-29-27-5-2-1-4-25(27)22-30(28)29)23-31(43-32)33(36)34-8-11-37-14-16-40-18-19-41-17-15-38-12-9-34/h1-7,23,26,32,35H,8-22,24H2. The topological polar surface area (TPSA) is 105 Å².